The van der Waals surface area contributed by atoms with Crippen LogP contribution < -0.4 is 4.81 Å². The lowest BCUT2D eigenvalue weighted by Gasteiger charge is -2.33. The molecule has 1 heterocycles. The summed E-state index contributed by atoms with van der Waals surface area (Å²) in [6.45, 7) is 2.06. The van der Waals surface area contributed by atoms with E-state index in [9.17, 15) is 0 Å². The molecule has 83 valence electrons. The van der Waals surface area contributed by atoms with Gasteiger partial charge >= 0.3 is 0 Å². The Labute approximate surface area is 108 Å². The zero-order valence-electron chi connectivity index (χ0n) is 9.72. The van der Waals surface area contributed by atoms with Gasteiger partial charge in [-0.05, 0) is 23.3 Å². The van der Waals surface area contributed by atoms with E-state index in [-0.39, 0.29) is 0 Å². The molecule has 0 saturated heterocycles. The molecule has 0 N–H and O–H groups in total. The van der Waals surface area contributed by atoms with Crippen LogP contribution in [0.15, 0.2) is 47.4 Å². The monoisotopic (exact) mass is 238 g/mol. The summed E-state index contributed by atoms with van der Waals surface area (Å²) in [6.07, 6.45) is 0.990. The van der Waals surface area contributed by atoms with Gasteiger partial charge in [0.25, 0.3) is 0 Å². The Hall–Kier alpha value is -1.35. The Morgan fingerprint density at radius 2 is 1.82 bits per heavy atom. The maximum absolute atomic E-state index is 4.58. The molecule has 1 aliphatic rings. The van der Waals surface area contributed by atoms with Crippen LogP contribution in [0.3, 0.4) is 0 Å². The molecule has 3 heteroatoms. The molecule has 0 aromatic heterocycles. The second-order valence-corrected chi connectivity index (χ2v) is 4.70. The van der Waals surface area contributed by atoms with Gasteiger partial charge in [-0.15, -0.1) is 12.6 Å². The van der Waals surface area contributed by atoms with Crippen molar-refractivity contribution in [2.24, 2.45) is 0 Å². The predicted octanol–water partition coefficient (Wildman–Crippen LogP) is 3.68. The minimum Gasteiger partial charge on any atom is -0.390 e. The number of anilines is 2. The fourth-order valence-electron chi connectivity index (χ4n) is 2.49. The van der Waals surface area contributed by atoms with E-state index < -0.39 is 0 Å². The smallest absolute Gasteiger partial charge is 0.249 e. The van der Waals surface area contributed by atoms with Gasteiger partial charge in [0.15, 0.2) is 0 Å². The van der Waals surface area contributed by atoms with Gasteiger partial charge < -0.3 is 4.81 Å². The van der Waals surface area contributed by atoms with Crippen LogP contribution in [0.5, 0.6) is 0 Å². The molecule has 0 spiro atoms. The third-order valence-electron chi connectivity index (χ3n) is 3.23. The number of benzene rings is 2. The van der Waals surface area contributed by atoms with Crippen molar-refractivity contribution in [3.63, 3.8) is 0 Å². The van der Waals surface area contributed by atoms with Crippen molar-refractivity contribution in [1.29, 1.82) is 0 Å². The first-order valence-corrected chi connectivity index (χ1v) is 6.23. The topological polar surface area (TPSA) is 3.24 Å². The van der Waals surface area contributed by atoms with Crippen molar-refractivity contribution in [2.45, 2.75) is 18.1 Å². The van der Waals surface area contributed by atoms with Gasteiger partial charge in [-0.25, -0.2) is 0 Å². The third-order valence-corrected chi connectivity index (χ3v) is 3.59. The van der Waals surface area contributed by atoms with Crippen LogP contribution in [0.4, 0.5) is 11.4 Å². The maximum atomic E-state index is 4.58. The van der Waals surface area contributed by atoms with Gasteiger partial charge in [-0.2, -0.15) is 0 Å². The molecule has 1 radical (unpaired) electrons. The van der Waals surface area contributed by atoms with Crippen LogP contribution in [0.1, 0.15) is 11.1 Å². The fraction of sp³-hybridized carbons (Fsp3) is 0.143. The summed E-state index contributed by atoms with van der Waals surface area (Å²) in [4.78, 5) is 3.27. The molecular weight excluding hydrogens is 225 g/mol. The molecule has 1 nitrogen and oxygen atoms in total. The minimum atomic E-state index is 0.990. The summed E-state index contributed by atoms with van der Waals surface area (Å²) in [5.41, 5.74) is 5.20. The molecule has 0 amide bonds. The van der Waals surface area contributed by atoms with E-state index in [1.807, 2.05) is 6.07 Å². The van der Waals surface area contributed by atoms with E-state index in [1.165, 1.54) is 22.5 Å². The average molecular weight is 238 g/mol. The maximum Gasteiger partial charge on any atom is 0.249 e. The van der Waals surface area contributed by atoms with Crippen LogP contribution in [-0.4, -0.2) is 7.41 Å². The summed E-state index contributed by atoms with van der Waals surface area (Å²) in [5.74, 6) is 0. The highest BCUT2D eigenvalue weighted by Gasteiger charge is 2.22. The van der Waals surface area contributed by atoms with Gasteiger partial charge in [-0.3, -0.25) is 0 Å². The Kier molecular flexibility index (Phi) is 2.63. The second kappa shape index (κ2) is 4.15. The molecule has 2 aromatic rings. The van der Waals surface area contributed by atoms with Crippen LogP contribution in [0.25, 0.3) is 0 Å². The van der Waals surface area contributed by atoms with Gasteiger partial charge in [0.1, 0.15) is 0 Å². The summed E-state index contributed by atoms with van der Waals surface area (Å²) < 4.78 is 0. The van der Waals surface area contributed by atoms with Crippen LogP contribution in [0, 0.1) is 0 Å². The molecule has 2 aromatic carbocycles. The van der Waals surface area contributed by atoms with E-state index >= 15 is 0 Å². The van der Waals surface area contributed by atoms with Crippen molar-refractivity contribution in [1.82, 2.24) is 0 Å². The van der Waals surface area contributed by atoms with Gasteiger partial charge in [0, 0.05) is 22.7 Å². The molecular formula is C14H13BNS. The van der Waals surface area contributed by atoms with E-state index in [4.69, 9.17) is 0 Å². The molecule has 17 heavy (non-hydrogen) atoms. The van der Waals surface area contributed by atoms with Crippen LogP contribution >= 0.6 is 12.6 Å². The molecule has 0 bridgehead atoms. The number of nitrogens with zero attached hydrogens (tertiary/aromatic N) is 1. The number of hydrogen-bond donors (Lipinski definition) is 1. The highest BCUT2D eigenvalue weighted by atomic mass is 32.1. The first-order valence-electron chi connectivity index (χ1n) is 5.78. The van der Waals surface area contributed by atoms with Crippen LogP contribution in [-0.2, 0) is 6.42 Å². The largest absolute Gasteiger partial charge is 0.390 e. The molecule has 0 atom stereocenters. The third kappa shape index (κ3) is 1.66. The predicted molar refractivity (Wildman–Crippen MR) is 76.7 cm³/mol. The number of fused-ring (bicyclic) bond motifs is 2. The Balaban J connectivity index is 2.23. The lowest BCUT2D eigenvalue weighted by Crippen LogP contribution is -2.25. The Morgan fingerprint density at radius 3 is 2.65 bits per heavy atom. The Morgan fingerprint density at radius 1 is 1.06 bits per heavy atom. The van der Waals surface area contributed by atoms with Crippen molar-refractivity contribution < 1.29 is 0 Å². The molecule has 0 unspecified atom stereocenters. The quantitative estimate of drug-likeness (QED) is 0.585. The molecule has 0 aliphatic carbocycles. The van der Waals surface area contributed by atoms with E-state index in [2.05, 4.69) is 68.1 Å². The number of hydrogen-bond acceptors (Lipinski definition) is 2. The first kappa shape index (κ1) is 10.8. The summed E-state index contributed by atoms with van der Waals surface area (Å²) in [7, 11) is 2.11. The normalized spacial score (nSPS) is 12.9. The van der Waals surface area contributed by atoms with E-state index in [1.54, 1.807) is 0 Å². The number of rotatable bonds is 1. The second-order valence-electron chi connectivity index (χ2n) is 4.22. The van der Waals surface area contributed by atoms with Gasteiger partial charge in [-0.1, -0.05) is 37.2 Å². The van der Waals surface area contributed by atoms with Crippen molar-refractivity contribution in [2.75, 3.05) is 4.81 Å². The molecule has 3 rings (SSSR count). The molecule has 0 fully saturated rings. The highest BCUT2D eigenvalue weighted by Crippen LogP contribution is 2.40. The average Bonchev–Trinajstić information content (AvgIpc) is 2.36. The van der Waals surface area contributed by atoms with Crippen molar-refractivity contribution in [3.8, 4) is 0 Å². The summed E-state index contributed by atoms with van der Waals surface area (Å²) >= 11 is 4.58. The zero-order valence-corrected chi connectivity index (χ0v) is 10.6. The first-order chi connectivity index (χ1) is 8.31. The Bertz CT molecular complexity index is 568. The lowest BCUT2D eigenvalue weighted by molar-refractivity contribution is 1.09. The van der Waals surface area contributed by atoms with Gasteiger partial charge in [0.05, 0.1) is 0 Å². The van der Waals surface area contributed by atoms with Crippen molar-refractivity contribution >= 4 is 31.4 Å². The highest BCUT2D eigenvalue weighted by molar-refractivity contribution is 7.80. The standard InChI is InChI=1S/C14H13BNS/c1-15-16-12-7-3-2-5-10(12)9-11-6-4-8-13(17)14(11)16/h2-8,17H,9H2,1H3. The lowest BCUT2D eigenvalue weighted by atomic mass is 9.86. The minimum absolute atomic E-state index is 0.990. The van der Waals surface area contributed by atoms with Gasteiger partial charge in [0.2, 0.25) is 7.41 Å². The van der Waals surface area contributed by atoms with E-state index in [0.717, 1.165) is 11.3 Å². The van der Waals surface area contributed by atoms with E-state index in [0.29, 0.717) is 0 Å². The summed E-state index contributed by atoms with van der Waals surface area (Å²) in [6, 6.07) is 14.8. The van der Waals surface area contributed by atoms with Crippen LogP contribution in [0.2, 0.25) is 6.82 Å². The number of thiol groups is 1. The fourth-order valence-corrected chi connectivity index (χ4v) is 2.83. The number of para-hydroxylation sites is 2. The zero-order chi connectivity index (χ0) is 11.8. The SMILES string of the molecule is C[B]N1c2ccccc2Cc2cccc(S)c21. The molecule has 0 saturated carbocycles. The van der Waals surface area contributed by atoms with Crippen molar-refractivity contribution in [3.05, 3.63) is 53.6 Å². The summed E-state index contributed by atoms with van der Waals surface area (Å²) in [5, 5.41) is 0. The molecule has 1 aliphatic heterocycles.